The number of aryl methyl sites for hydroxylation is 2. The number of aliphatic carboxylic acids is 1. The van der Waals surface area contributed by atoms with Crippen LogP contribution in [0.5, 0.6) is 0 Å². The van der Waals surface area contributed by atoms with Gasteiger partial charge in [-0.1, -0.05) is 6.92 Å². The minimum Gasteiger partial charge on any atom is -0.481 e. The van der Waals surface area contributed by atoms with Crippen molar-refractivity contribution in [3.63, 3.8) is 0 Å². The summed E-state index contributed by atoms with van der Waals surface area (Å²) in [6, 6.07) is 2.07. The lowest BCUT2D eigenvalue weighted by atomic mass is 10.3. The van der Waals surface area contributed by atoms with Crippen LogP contribution in [0.25, 0.3) is 0 Å². The van der Waals surface area contributed by atoms with Gasteiger partial charge >= 0.3 is 5.97 Å². The molecule has 0 radical (unpaired) electrons. The van der Waals surface area contributed by atoms with Crippen molar-refractivity contribution in [1.82, 2.24) is 15.1 Å². The Morgan fingerprint density at radius 1 is 1.56 bits per heavy atom. The summed E-state index contributed by atoms with van der Waals surface area (Å²) in [6.07, 6.45) is 1.08. The summed E-state index contributed by atoms with van der Waals surface area (Å²) >= 11 is 0. The third-order valence-corrected chi connectivity index (χ3v) is 2.40. The molecule has 0 fully saturated rings. The molecule has 0 aliphatic carbocycles. The Morgan fingerprint density at radius 3 is 2.88 bits per heavy atom. The summed E-state index contributed by atoms with van der Waals surface area (Å²) in [4.78, 5) is 10.3. The van der Waals surface area contributed by atoms with Crippen LogP contribution in [-0.4, -0.2) is 27.4 Å². The summed E-state index contributed by atoms with van der Waals surface area (Å²) in [5, 5.41) is 16.0. The number of carboxylic acids is 1. The van der Waals surface area contributed by atoms with Gasteiger partial charge in [-0.15, -0.1) is 0 Å². The zero-order chi connectivity index (χ0) is 12.0. The second-order valence-electron chi connectivity index (χ2n) is 3.62. The van der Waals surface area contributed by atoms with Crippen LogP contribution in [-0.2, 0) is 24.3 Å². The first kappa shape index (κ1) is 12.7. The van der Waals surface area contributed by atoms with Crippen LogP contribution in [0.1, 0.15) is 31.7 Å². The van der Waals surface area contributed by atoms with Gasteiger partial charge in [-0.25, -0.2) is 0 Å². The third-order valence-electron chi connectivity index (χ3n) is 2.40. The maximum absolute atomic E-state index is 10.3. The van der Waals surface area contributed by atoms with E-state index >= 15 is 0 Å². The third kappa shape index (κ3) is 3.66. The van der Waals surface area contributed by atoms with Crippen molar-refractivity contribution >= 4 is 5.97 Å². The lowest BCUT2D eigenvalue weighted by Gasteiger charge is -2.05. The van der Waals surface area contributed by atoms with E-state index in [0.717, 1.165) is 24.4 Å². The highest BCUT2D eigenvalue weighted by Gasteiger charge is 2.05. The molecule has 0 atom stereocenters. The van der Waals surface area contributed by atoms with Crippen LogP contribution in [0.3, 0.4) is 0 Å². The second kappa shape index (κ2) is 6.27. The summed E-state index contributed by atoms with van der Waals surface area (Å²) in [7, 11) is 0. The summed E-state index contributed by atoms with van der Waals surface area (Å²) in [5.41, 5.74) is 2.20. The molecule has 0 amide bonds. The second-order valence-corrected chi connectivity index (χ2v) is 3.62. The van der Waals surface area contributed by atoms with Gasteiger partial charge < -0.3 is 10.4 Å². The maximum atomic E-state index is 10.3. The zero-order valence-corrected chi connectivity index (χ0v) is 9.86. The van der Waals surface area contributed by atoms with Crippen molar-refractivity contribution in [2.75, 3.05) is 6.54 Å². The number of carbonyl (C=O) groups is 1. The molecule has 1 aromatic rings. The van der Waals surface area contributed by atoms with E-state index in [1.807, 2.05) is 11.6 Å². The van der Waals surface area contributed by atoms with Crippen LogP contribution < -0.4 is 5.32 Å². The van der Waals surface area contributed by atoms with Crippen LogP contribution >= 0.6 is 0 Å². The first-order valence-corrected chi connectivity index (χ1v) is 5.65. The number of nitrogens with one attached hydrogen (secondary N) is 1. The van der Waals surface area contributed by atoms with E-state index in [2.05, 4.69) is 23.4 Å². The van der Waals surface area contributed by atoms with E-state index in [0.29, 0.717) is 13.1 Å². The highest BCUT2D eigenvalue weighted by atomic mass is 16.4. The SMILES string of the molecule is CCc1cc(CNCCC(=O)O)n(CC)n1. The van der Waals surface area contributed by atoms with Crippen LogP contribution in [0.2, 0.25) is 0 Å². The molecule has 0 unspecified atom stereocenters. The highest BCUT2D eigenvalue weighted by Crippen LogP contribution is 2.05. The van der Waals surface area contributed by atoms with E-state index < -0.39 is 5.97 Å². The predicted molar refractivity (Wildman–Crippen MR) is 61.2 cm³/mol. The van der Waals surface area contributed by atoms with Gasteiger partial charge in [0.1, 0.15) is 0 Å². The van der Waals surface area contributed by atoms with Crippen molar-refractivity contribution in [2.24, 2.45) is 0 Å². The maximum Gasteiger partial charge on any atom is 0.304 e. The summed E-state index contributed by atoms with van der Waals surface area (Å²) in [5.74, 6) is -0.772. The Morgan fingerprint density at radius 2 is 2.31 bits per heavy atom. The van der Waals surface area contributed by atoms with Crippen molar-refractivity contribution in [2.45, 2.75) is 39.8 Å². The van der Waals surface area contributed by atoms with Crippen LogP contribution in [0.15, 0.2) is 6.07 Å². The van der Waals surface area contributed by atoms with E-state index in [4.69, 9.17) is 5.11 Å². The normalized spacial score (nSPS) is 10.6. The molecule has 90 valence electrons. The van der Waals surface area contributed by atoms with Gasteiger partial charge in [0.25, 0.3) is 0 Å². The fourth-order valence-corrected chi connectivity index (χ4v) is 1.52. The molecule has 0 saturated heterocycles. The van der Waals surface area contributed by atoms with Crippen molar-refractivity contribution < 1.29 is 9.90 Å². The molecule has 16 heavy (non-hydrogen) atoms. The zero-order valence-electron chi connectivity index (χ0n) is 9.86. The topological polar surface area (TPSA) is 67.2 Å². The molecular formula is C11H19N3O2. The van der Waals surface area contributed by atoms with Crippen LogP contribution in [0, 0.1) is 0 Å². The van der Waals surface area contributed by atoms with Gasteiger partial charge in [-0.05, 0) is 19.4 Å². The van der Waals surface area contributed by atoms with Crippen LogP contribution in [0.4, 0.5) is 0 Å². The smallest absolute Gasteiger partial charge is 0.304 e. The molecule has 0 bridgehead atoms. The summed E-state index contributed by atoms with van der Waals surface area (Å²) in [6.45, 7) is 6.13. The molecule has 5 nitrogen and oxygen atoms in total. The van der Waals surface area contributed by atoms with Gasteiger partial charge in [0.2, 0.25) is 0 Å². The first-order valence-electron chi connectivity index (χ1n) is 5.65. The standard InChI is InChI=1S/C11H19N3O2/c1-3-9-7-10(14(4-2)13-9)8-12-6-5-11(15)16/h7,12H,3-6,8H2,1-2H3,(H,15,16). The minimum absolute atomic E-state index is 0.154. The molecule has 0 aliphatic heterocycles. The monoisotopic (exact) mass is 225 g/mol. The van der Waals surface area contributed by atoms with Gasteiger partial charge in [-0.2, -0.15) is 5.10 Å². The molecule has 0 aromatic carbocycles. The lowest BCUT2D eigenvalue weighted by molar-refractivity contribution is -0.136. The lowest BCUT2D eigenvalue weighted by Crippen LogP contribution is -2.19. The Hall–Kier alpha value is -1.36. The Labute approximate surface area is 95.5 Å². The first-order chi connectivity index (χ1) is 7.67. The quantitative estimate of drug-likeness (QED) is 0.680. The van der Waals surface area contributed by atoms with Crippen molar-refractivity contribution in [1.29, 1.82) is 0 Å². The molecule has 1 aromatic heterocycles. The Kier molecular flexibility index (Phi) is 4.98. The van der Waals surface area contributed by atoms with E-state index in [-0.39, 0.29) is 6.42 Å². The highest BCUT2D eigenvalue weighted by molar-refractivity contribution is 5.66. The minimum atomic E-state index is -0.772. The molecule has 2 N–H and O–H groups in total. The molecule has 0 saturated carbocycles. The number of nitrogens with zero attached hydrogens (tertiary/aromatic N) is 2. The van der Waals surface area contributed by atoms with Gasteiger partial charge in [0.15, 0.2) is 0 Å². The van der Waals surface area contributed by atoms with Crippen molar-refractivity contribution in [3.8, 4) is 0 Å². The number of hydrogen-bond donors (Lipinski definition) is 2. The number of hydrogen-bond acceptors (Lipinski definition) is 3. The van der Waals surface area contributed by atoms with Crippen molar-refractivity contribution in [3.05, 3.63) is 17.5 Å². The van der Waals surface area contributed by atoms with E-state index in [1.165, 1.54) is 0 Å². The molecule has 1 heterocycles. The Bertz CT molecular complexity index is 347. The molecular weight excluding hydrogens is 206 g/mol. The fourth-order valence-electron chi connectivity index (χ4n) is 1.52. The number of rotatable bonds is 7. The van der Waals surface area contributed by atoms with Gasteiger partial charge in [0, 0.05) is 19.6 Å². The summed E-state index contributed by atoms with van der Waals surface area (Å²) < 4.78 is 1.95. The van der Waals surface area contributed by atoms with E-state index in [9.17, 15) is 4.79 Å². The molecule has 0 aliphatic rings. The number of carboxylic acid groups (broad SMARTS) is 1. The Balaban J connectivity index is 2.45. The average Bonchev–Trinajstić information content (AvgIpc) is 2.66. The van der Waals surface area contributed by atoms with E-state index in [1.54, 1.807) is 0 Å². The molecule has 1 rings (SSSR count). The predicted octanol–water partition coefficient (Wildman–Crippen LogP) is 1.03. The largest absolute Gasteiger partial charge is 0.481 e. The molecule has 5 heteroatoms. The van der Waals surface area contributed by atoms with Gasteiger partial charge in [-0.3, -0.25) is 9.48 Å². The molecule has 0 spiro atoms. The van der Waals surface area contributed by atoms with Gasteiger partial charge in [0.05, 0.1) is 17.8 Å². The fraction of sp³-hybridized carbons (Fsp3) is 0.636. The number of aromatic nitrogens is 2. The average molecular weight is 225 g/mol.